The molecule has 1 N–H and O–H groups in total. The number of hydrogen-bond acceptors (Lipinski definition) is 4. The third-order valence-electron chi connectivity index (χ3n) is 2.05. The Morgan fingerprint density at radius 1 is 1.39 bits per heavy atom. The molecule has 0 aliphatic carbocycles. The molecule has 18 heavy (non-hydrogen) atoms. The van der Waals surface area contributed by atoms with Crippen molar-refractivity contribution in [3.63, 3.8) is 0 Å². The first-order chi connectivity index (χ1) is 8.45. The Kier molecular flexibility index (Phi) is 5.30. The number of carbonyl (C=O) groups excluding carboxylic acids is 2. The van der Waals surface area contributed by atoms with E-state index >= 15 is 0 Å². The Bertz CT molecular complexity index is 467. The van der Waals surface area contributed by atoms with Crippen LogP contribution in [0.3, 0.4) is 0 Å². The normalized spacial score (nSPS) is 10.0. The van der Waals surface area contributed by atoms with E-state index in [1.165, 1.54) is 18.0 Å². The van der Waals surface area contributed by atoms with Gasteiger partial charge in [-0.25, -0.2) is 0 Å². The molecule has 0 fully saturated rings. The smallest absolute Gasteiger partial charge is 0.257 e. The van der Waals surface area contributed by atoms with Gasteiger partial charge in [-0.1, -0.05) is 23.2 Å². The number of likely N-dealkylation sites (N-methyl/N-ethyl adjacent to an activating group) is 2. The van der Waals surface area contributed by atoms with Crippen molar-refractivity contribution in [2.24, 2.45) is 0 Å². The molecule has 98 valence electrons. The van der Waals surface area contributed by atoms with Crippen LogP contribution >= 0.6 is 23.2 Å². The van der Waals surface area contributed by atoms with Gasteiger partial charge < -0.3 is 10.2 Å². The SMILES string of the molecule is CCNC(=O)CN(C)C(=O)c1cc(Cl)nnc1Cl. The van der Waals surface area contributed by atoms with Crippen molar-refractivity contribution in [3.05, 3.63) is 21.9 Å². The lowest BCUT2D eigenvalue weighted by atomic mass is 10.2. The van der Waals surface area contributed by atoms with Crippen LogP contribution in [0.2, 0.25) is 10.3 Å². The van der Waals surface area contributed by atoms with Gasteiger partial charge in [0.2, 0.25) is 5.91 Å². The lowest BCUT2D eigenvalue weighted by Crippen LogP contribution is -2.38. The molecule has 1 rings (SSSR count). The van der Waals surface area contributed by atoms with Gasteiger partial charge in [0.15, 0.2) is 10.3 Å². The van der Waals surface area contributed by atoms with Gasteiger partial charge in [0.1, 0.15) is 0 Å². The Labute approximate surface area is 114 Å². The maximum atomic E-state index is 12.0. The molecule has 0 bridgehead atoms. The molecule has 0 atom stereocenters. The highest BCUT2D eigenvalue weighted by Crippen LogP contribution is 2.16. The highest BCUT2D eigenvalue weighted by atomic mass is 35.5. The minimum atomic E-state index is -0.442. The third-order valence-corrected chi connectivity index (χ3v) is 2.51. The summed E-state index contributed by atoms with van der Waals surface area (Å²) in [6, 6.07) is 1.31. The van der Waals surface area contributed by atoms with Crippen molar-refractivity contribution < 1.29 is 9.59 Å². The molecule has 2 amide bonds. The van der Waals surface area contributed by atoms with Gasteiger partial charge in [-0.05, 0) is 13.0 Å². The second-order valence-electron chi connectivity index (χ2n) is 3.49. The Morgan fingerprint density at radius 2 is 2.06 bits per heavy atom. The van der Waals surface area contributed by atoms with Crippen LogP contribution in [-0.2, 0) is 4.79 Å². The molecule has 0 aromatic carbocycles. The first-order valence-corrected chi connectivity index (χ1v) is 5.92. The van der Waals surface area contributed by atoms with Crippen molar-refractivity contribution >= 4 is 35.0 Å². The van der Waals surface area contributed by atoms with E-state index in [1.54, 1.807) is 6.92 Å². The van der Waals surface area contributed by atoms with Gasteiger partial charge in [0.25, 0.3) is 5.91 Å². The van der Waals surface area contributed by atoms with E-state index in [9.17, 15) is 9.59 Å². The van der Waals surface area contributed by atoms with E-state index in [1.807, 2.05) is 0 Å². The minimum absolute atomic E-state index is 0.0489. The van der Waals surface area contributed by atoms with Crippen molar-refractivity contribution in [2.75, 3.05) is 20.1 Å². The summed E-state index contributed by atoms with van der Waals surface area (Å²) in [5, 5.41) is 9.64. The second kappa shape index (κ2) is 6.51. The van der Waals surface area contributed by atoms with E-state index in [0.29, 0.717) is 6.54 Å². The fourth-order valence-electron chi connectivity index (χ4n) is 1.25. The summed E-state index contributed by atoms with van der Waals surface area (Å²) < 4.78 is 0. The molecule has 0 unspecified atom stereocenters. The second-order valence-corrected chi connectivity index (χ2v) is 4.23. The summed E-state index contributed by atoms with van der Waals surface area (Å²) in [5.74, 6) is -0.694. The number of halogens is 2. The van der Waals surface area contributed by atoms with Crippen molar-refractivity contribution in [3.8, 4) is 0 Å². The Balaban J connectivity index is 2.80. The van der Waals surface area contributed by atoms with Crippen LogP contribution in [-0.4, -0.2) is 47.0 Å². The summed E-state index contributed by atoms with van der Waals surface area (Å²) in [6.45, 7) is 2.23. The van der Waals surface area contributed by atoms with E-state index in [-0.39, 0.29) is 28.3 Å². The zero-order valence-corrected chi connectivity index (χ0v) is 11.4. The quantitative estimate of drug-likeness (QED) is 0.897. The molecular weight excluding hydrogens is 279 g/mol. The van der Waals surface area contributed by atoms with Crippen LogP contribution < -0.4 is 5.32 Å². The number of nitrogens with one attached hydrogen (secondary N) is 1. The summed E-state index contributed by atoms with van der Waals surface area (Å²) in [6.07, 6.45) is 0. The third kappa shape index (κ3) is 3.82. The zero-order valence-electron chi connectivity index (χ0n) is 9.91. The highest BCUT2D eigenvalue weighted by molar-refractivity contribution is 6.34. The van der Waals surface area contributed by atoms with Gasteiger partial charge in [-0.15, -0.1) is 10.2 Å². The number of aromatic nitrogens is 2. The minimum Gasteiger partial charge on any atom is -0.355 e. The molecule has 0 saturated heterocycles. The largest absolute Gasteiger partial charge is 0.355 e. The molecule has 0 radical (unpaired) electrons. The van der Waals surface area contributed by atoms with Crippen molar-refractivity contribution in [1.82, 2.24) is 20.4 Å². The average Bonchev–Trinajstić information content (AvgIpc) is 2.31. The van der Waals surface area contributed by atoms with Gasteiger partial charge in [0, 0.05) is 13.6 Å². The topological polar surface area (TPSA) is 75.2 Å². The first kappa shape index (κ1) is 14.7. The van der Waals surface area contributed by atoms with Crippen LogP contribution in [0, 0.1) is 0 Å². The van der Waals surface area contributed by atoms with Crippen LogP contribution in [0.4, 0.5) is 0 Å². The summed E-state index contributed by atoms with van der Waals surface area (Å²) in [7, 11) is 1.49. The Hall–Kier alpha value is -1.40. The van der Waals surface area contributed by atoms with Gasteiger partial charge >= 0.3 is 0 Å². The highest BCUT2D eigenvalue weighted by Gasteiger charge is 2.19. The van der Waals surface area contributed by atoms with Crippen LogP contribution in [0.15, 0.2) is 6.07 Å². The van der Waals surface area contributed by atoms with Crippen LogP contribution in [0.25, 0.3) is 0 Å². The molecule has 1 aromatic rings. The van der Waals surface area contributed by atoms with Gasteiger partial charge in [0.05, 0.1) is 12.1 Å². The van der Waals surface area contributed by atoms with Crippen LogP contribution in [0.1, 0.15) is 17.3 Å². The molecule has 0 spiro atoms. The molecule has 0 aliphatic rings. The lowest BCUT2D eigenvalue weighted by Gasteiger charge is -2.16. The molecule has 6 nitrogen and oxygen atoms in total. The summed E-state index contributed by atoms with van der Waals surface area (Å²) >= 11 is 11.4. The number of nitrogens with zero attached hydrogens (tertiary/aromatic N) is 3. The van der Waals surface area contributed by atoms with E-state index in [4.69, 9.17) is 23.2 Å². The number of rotatable bonds is 4. The molecule has 8 heteroatoms. The number of amides is 2. The van der Waals surface area contributed by atoms with Crippen molar-refractivity contribution in [2.45, 2.75) is 6.92 Å². The Morgan fingerprint density at radius 3 is 2.67 bits per heavy atom. The predicted molar refractivity (Wildman–Crippen MR) is 67.7 cm³/mol. The van der Waals surface area contributed by atoms with E-state index in [0.717, 1.165) is 0 Å². The van der Waals surface area contributed by atoms with Crippen molar-refractivity contribution in [1.29, 1.82) is 0 Å². The maximum Gasteiger partial charge on any atom is 0.257 e. The monoisotopic (exact) mass is 290 g/mol. The average molecular weight is 291 g/mol. The number of hydrogen-bond donors (Lipinski definition) is 1. The predicted octanol–water partition coefficient (Wildman–Crippen LogP) is 0.991. The molecule has 0 aliphatic heterocycles. The van der Waals surface area contributed by atoms with E-state index < -0.39 is 5.91 Å². The maximum absolute atomic E-state index is 12.0. The van der Waals surface area contributed by atoms with Gasteiger partial charge in [-0.3, -0.25) is 9.59 Å². The van der Waals surface area contributed by atoms with E-state index in [2.05, 4.69) is 15.5 Å². The number of carbonyl (C=O) groups is 2. The fourth-order valence-corrected chi connectivity index (χ4v) is 1.57. The lowest BCUT2D eigenvalue weighted by molar-refractivity contribution is -0.121. The van der Waals surface area contributed by atoms with Crippen LogP contribution in [0.5, 0.6) is 0 Å². The molecule has 1 heterocycles. The summed E-state index contributed by atoms with van der Waals surface area (Å²) in [5.41, 5.74) is 0.114. The zero-order chi connectivity index (χ0) is 13.7. The van der Waals surface area contributed by atoms with Gasteiger partial charge in [-0.2, -0.15) is 0 Å². The molecule has 0 saturated carbocycles. The first-order valence-electron chi connectivity index (χ1n) is 5.16. The fraction of sp³-hybridized carbons (Fsp3) is 0.400. The molecule has 1 aromatic heterocycles. The molecular formula is C10H12Cl2N4O2. The standard InChI is InChI=1S/C10H12Cl2N4O2/c1-3-13-8(17)5-16(2)10(18)6-4-7(11)14-15-9(6)12/h4H,3,5H2,1-2H3,(H,13,17). The summed E-state index contributed by atoms with van der Waals surface area (Å²) in [4.78, 5) is 24.6.